The zero-order valence-corrected chi connectivity index (χ0v) is 14.2. The second-order valence-corrected chi connectivity index (χ2v) is 6.86. The Morgan fingerprint density at radius 1 is 1.17 bits per heavy atom. The van der Waals surface area contributed by atoms with Gasteiger partial charge in [0.15, 0.2) is 0 Å². The van der Waals surface area contributed by atoms with Crippen molar-refractivity contribution in [3.05, 3.63) is 35.9 Å². The van der Waals surface area contributed by atoms with Gasteiger partial charge in [0, 0.05) is 24.7 Å². The Balaban J connectivity index is 1.53. The fraction of sp³-hybridized carbons (Fsp3) is 0.632. The Kier molecular flexibility index (Phi) is 6.10. The number of hydrogen-bond donors (Lipinski definition) is 2. The summed E-state index contributed by atoms with van der Waals surface area (Å²) in [5.74, 6) is 0. The average Bonchev–Trinajstić information content (AvgIpc) is 3.44. The number of ether oxygens (including phenoxy) is 1. The summed E-state index contributed by atoms with van der Waals surface area (Å²) in [6.45, 7) is 1.18. The van der Waals surface area contributed by atoms with Gasteiger partial charge in [-0.05, 0) is 31.2 Å². The molecule has 1 aromatic rings. The van der Waals surface area contributed by atoms with E-state index in [4.69, 9.17) is 4.74 Å². The first-order chi connectivity index (χ1) is 11.8. The minimum atomic E-state index is -0.338. The molecule has 2 N–H and O–H groups in total. The zero-order chi connectivity index (χ0) is 16.8. The van der Waals surface area contributed by atoms with Gasteiger partial charge in [0.2, 0.25) is 0 Å². The molecule has 0 saturated heterocycles. The largest absolute Gasteiger partial charge is 0.445 e. The quantitative estimate of drug-likeness (QED) is 0.806. The maximum atomic E-state index is 12.2. The molecule has 0 aliphatic heterocycles. The number of benzene rings is 1. The third-order valence-electron chi connectivity index (χ3n) is 5.05. The SMILES string of the molecule is O=C(N[C@H]1CCCC[C@@H]1N(CCO)C1CC1)OCc1ccccc1. The Labute approximate surface area is 144 Å². The lowest BCUT2D eigenvalue weighted by molar-refractivity contribution is 0.0817. The van der Waals surface area contributed by atoms with Gasteiger partial charge >= 0.3 is 6.09 Å². The van der Waals surface area contributed by atoms with Crippen molar-refractivity contribution in [2.45, 2.75) is 63.3 Å². The topological polar surface area (TPSA) is 61.8 Å². The molecule has 2 atom stereocenters. The van der Waals surface area contributed by atoms with E-state index in [1.54, 1.807) is 0 Å². The number of carbonyl (C=O) groups is 1. The van der Waals surface area contributed by atoms with E-state index >= 15 is 0 Å². The van der Waals surface area contributed by atoms with Gasteiger partial charge in [0.25, 0.3) is 0 Å². The molecular formula is C19H28N2O3. The van der Waals surface area contributed by atoms with Gasteiger partial charge in [-0.3, -0.25) is 4.90 Å². The Morgan fingerprint density at radius 2 is 1.92 bits per heavy atom. The molecule has 1 amide bonds. The van der Waals surface area contributed by atoms with E-state index in [0.717, 1.165) is 24.8 Å². The summed E-state index contributed by atoms with van der Waals surface area (Å²) in [5, 5.41) is 12.4. The predicted octanol–water partition coefficient (Wildman–Crippen LogP) is 2.68. The van der Waals surface area contributed by atoms with Gasteiger partial charge in [0.05, 0.1) is 6.61 Å². The maximum Gasteiger partial charge on any atom is 0.407 e. The molecule has 2 aliphatic carbocycles. The van der Waals surface area contributed by atoms with Crippen molar-refractivity contribution in [2.75, 3.05) is 13.2 Å². The number of aliphatic hydroxyl groups is 1. The van der Waals surface area contributed by atoms with E-state index in [1.165, 1.54) is 19.3 Å². The van der Waals surface area contributed by atoms with Crippen LogP contribution in [0, 0.1) is 0 Å². The van der Waals surface area contributed by atoms with E-state index < -0.39 is 0 Å². The number of rotatable bonds is 7. The Bertz CT molecular complexity index is 519. The first kappa shape index (κ1) is 17.2. The summed E-state index contributed by atoms with van der Waals surface area (Å²) >= 11 is 0. The van der Waals surface area contributed by atoms with Crippen molar-refractivity contribution in [2.24, 2.45) is 0 Å². The highest BCUT2D eigenvalue weighted by atomic mass is 16.5. The van der Waals surface area contributed by atoms with Gasteiger partial charge < -0.3 is 15.2 Å². The number of amides is 1. The third kappa shape index (κ3) is 4.71. The van der Waals surface area contributed by atoms with Crippen LogP contribution in [0.4, 0.5) is 4.79 Å². The van der Waals surface area contributed by atoms with Gasteiger partial charge in [0.1, 0.15) is 6.61 Å². The molecule has 0 spiro atoms. The van der Waals surface area contributed by atoms with E-state index in [1.807, 2.05) is 30.3 Å². The van der Waals surface area contributed by atoms with Crippen LogP contribution in [0.15, 0.2) is 30.3 Å². The number of nitrogens with one attached hydrogen (secondary N) is 1. The second-order valence-electron chi connectivity index (χ2n) is 6.86. The molecular weight excluding hydrogens is 304 g/mol. The number of aliphatic hydroxyl groups excluding tert-OH is 1. The predicted molar refractivity (Wildman–Crippen MR) is 92.6 cm³/mol. The molecule has 132 valence electrons. The Hall–Kier alpha value is -1.59. The van der Waals surface area contributed by atoms with Gasteiger partial charge in [-0.1, -0.05) is 43.2 Å². The van der Waals surface area contributed by atoms with Crippen LogP contribution in [0.5, 0.6) is 0 Å². The summed E-state index contributed by atoms with van der Waals surface area (Å²) in [6.07, 6.45) is 6.48. The van der Waals surface area contributed by atoms with Crippen molar-refractivity contribution in [1.29, 1.82) is 0 Å². The molecule has 5 nitrogen and oxygen atoms in total. The summed E-state index contributed by atoms with van der Waals surface area (Å²) in [4.78, 5) is 14.6. The van der Waals surface area contributed by atoms with Crippen molar-refractivity contribution >= 4 is 6.09 Å². The van der Waals surface area contributed by atoms with Crippen LogP contribution in [-0.2, 0) is 11.3 Å². The lowest BCUT2D eigenvalue weighted by atomic mass is 9.89. The highest BCUT2D eigenvalue weighted by Gasteiger charge is 2.38. The summed E-state index contributed by atoms with van der Waals surface area (Å²) in [5.41, 5.74) is 0.993. The van der Waals surface area contributed by atoms with Crippen molar-refractivity contribution in [1.82, 2.24) is 10.2 Å². The van der Waals surface area contributed by atoms with Crippen molar-refractivity contribution in [3.63, 3.8) is 0 Å². The molecule has 5 heteroatoms. The highest BCUT2D eigenvalue weighted by Crippen LogP contribution is 2.33. The number of nitrogens with zero attached hydrogens (tertiary/aromatic N) is 1. The van der Waals surface area contributed by atoms with Gasteiger partial charge in [-0.15, -0.1) is 0 Å². The number of hydrogen-bond acceptors (Lipinski definition) is 4. The van der Waals surface area contributed by atoms with Crippen LogP contribution in [-0.4, -0.2) is 47.4 Å². The number of alkyl carbamates (subject to hydrolysis) is 1. The zero-order valence-electron chi connectivity index (χ0n) is 14.2. The minimum absolute atomic E-state index is 0.120. The van der Waals surface area contributed by atoms with Crippen LogP contribution in [0.25, 0.3) is 0 Å². The first-order valence-electron chi connectivity index (χ1n) is 9.12. The van der Waals surface area contributed by atoms with Crippen LogP contribution in [0.2, 0.25) is 0 Å². The summed E-state index contributed by atoms with van der Waals surface area (Å²) in [7, 11) is 0. The Morgan fingerprint density at radius 3 is 2.62 bits per heavy atom. The molecule has 2 fully saturated rings. The van der Waals surface area contributed by atoms with E-state index in [0.29, 0.717) is 25.2 Å². The third-order valence-corrected chi connectivity index (χ3v) is 5.05. The van der Waals surface area contributed by atoms with Crippen molar-refractivity contribution in [3.8, 4) is 0 Å². The average molecular weight is 332 g/mol. The van der Waals surface area contributed by atoms with E-state index in [9.17, 15) is 9.90 Å². The standard InChI is InChI=1S/C19H28N2O3/c22-13-12-21(16-10-11-16)18-9-5-4-8-17(18)20-19(23)24-14-15-6-2-1-3-7-15/h1-3,6-7,16-18,22H,4-5,8-14H2,(H,20,23)/t17-,18-/m0/s1. The molecule has 3 rings (SSSR count). The summed E-state index contributed by atoms with van der Waals surface area (Å²) < 4.78 is 5.38. The minimum Gasteiger partial charge on any atom is -0.445 e. The molecule has 1 aromatic carbocycles. The van der Waals surface area contributed by atoms with Crippen molar-refractivity contribution < 1.29 is 14.6 Å². The highest BCUT2D eigenvalue weighted by molar-refractivity contribution is 5.67. The molecule has 0 unspecified atom stereocenters. The lowest BCUT2D eigenvalue weighted by Gasteiger charge is -2.40. The lowest BCUT2D eigenvalue weighted by Crippen LogP contribution is -2.54. The molecule has 0 radical (unpaired) electrons. The van der Waals surface area contributed by atoms with Gasteiger partial charge in [-0.2, -0.15) is 0 Å². The van der Waals surface area contributed by atoms with Crippen LogP contribution >= 0.6 is 0 Å². The fourth-order valence-corrected chi connectivity index (χ4v) is 3.73. The molecule has 2 aliphatic rings. The molecule has 0 aromatic heterocycles. The molecule has 0 bridgehead atoms. The van der Waals surface area contributed by atoms with Crippen LogP contribution in [0.3, 0.4) is 0 Å². The summed E-state index contributed by atoms with van der Waals surface area (Å²) in [6, 6.07) is 10.8. The number of carbonyl (C=O) groups excluding carboxylic acids is 1. The monoisotopic (exact) mass is 332 g/mol. The second kappa shape index (κ2) is 8.49. The normalized spacial score (nSPS) is 23.9. The van der Waals surface area contributed by atoms with Gasteiger partial charge in [-0.25, -0.2) is 4.79 Å². The molecule has 24 heavy (non-hydrogen) atoms. The smallest absolute Gasteiger partial charge is 0.407 e. The molecule has 2 saturated carbocycles. The fourth-order valence-electron chi connectivity index (χ4n) is 3.73. The van der Waals surface area contributed by atoms with Crippen LogP contribution in [0.1, 0.15) is 44.1 Å². The van der Waals surface area contributed by atoms with E-state index in [2.05, 4.69) is 10.2 Å². The maximum absolute atomic E-state index is 12.2. The van der Waals surface area contributed by atoms with Crippen LogP contribution < -0.4 is 5.32 Å². The first-order valence-corrected chi connectivity index (χ1v) is 9.12. The molecule has 0 heterocycles. The van der Waals surface area contributed by atoms with E-state index in [-0.39, 0.29) is 18.7 Å².